The van der Waals surface area contributed by atoms with Crippen molar-refractivity contribution in [2.24, 2.45) is 5.92 Å². The van der Waals surface area contributed by atoms with Gasteiger partial charge in [-0.1, -0.05) is 20.8 Å². The van der Waals surface area contributed by atoms with Crippen molar-refractivity contribution in [1.29, 1.82) is 0 Å². The topological polar surface area (TPSA) is 24.9 Å². The molecule has 1 rings (SSSR count). The van der Waals surface area contributed by atoms with Gasteiger partial charge in [-0.05, 0) is 25.3 Å². The molecule has 0 aliphatic rings. The summed E-state index contributed by atoms with van der Waals surface area (Å²) in [6.07, 6.45) is 4.33. The molecule has 0 bridgehead atoms. The van der Waals surface area contributed by atoms with E-state index >= 15 is 0 Å². The molecule has 2 nitrogen and oxygen atoms in total. The quantitative estimate of drug-likeness (QED) is 0.733. The average molecular weight is 212 g/mol. The average Bonchev–Trinajstić information content (AvgIpc) is 2.60. The molecule has 0 aliphatic heterocycles. The van der Waals surface area contributed by atoms with Crippen molar-refractivity contribution in [2.45, 2.75) is 40.2 Å². The molecule has 0 atom stereocenters. The van der Waals surface area contributed by atoms with Gasteiger partial charge in [-0.25, -0.2) is 4.98 Å². The van der Waals surface area contributed by atoms with Crippen LogP contribution in [0.3, 0.4) is 0 Å². The van der Waals surface area contributed by atoms with E-state index in [-0.39, 0.29) is 0 Å². The lowest BCUT2D eigenvalue weighted by Gasteiger charge is -2.04. The fourth-order valence-corrected chi connectivity index (χ4v) is 2.01. The number of nitrogens with one attached hydrogen (secondary N) is 1. The van der Waals surface area contributed by atoms with Crippen LogP contribution in [0.4, 0.5) is 0 Å². The second-order valence-electron chi connectivity index (χ2n) is 3.93. The monoisotopic (exact) mass is 212 g/mol. The first kappa shape index (κ1) is 11.7. The van der Waals surface area contributed by atoms with Gasteiger partial charge in [0.2, 0.25) is 0 Å². The summed E-state index contributed by atoms with van der Waals surface area (Å²) in [6.45, 7) is 8.69. The number of thiazole rings is 1. The summed E-state index contributed by atoms with van der Waals surface area (Å²) in [5.74, 6) is 0.782. The van der Waals surface area contributed by atoms with Gasteiger partial charge in [0.15, 0.2) is 0 Å². The van der Waals surface area contributed by atoms with Crippen molar-refractivity contribution in [1.82, 2.24) is 10.3 Å². The highest BCUT2D eigenvalue weighted by molar-refractivity contribution is 7.11. The molecular weight excluding hydrogens is 192 g/mol. The number of rotatable bonds is 6. The van der Waals surface area contributed by atoms with E-state index in [1.165, 1.54) is 16.3 Å². The van der Waals surface area contributed by atoms with Crippen molar-refractivity contribution in [2.75, 3.05) is 6.54 Å². The first-order valence-corrected chi connectivity index (χ1v) is 6.18. The maximum absolute atomic E-state index is 4.36. The molecule has 0 spiro atoms. The lowest BCUT2D eigenvalue weighted by Crippen LogP contribution is -2.15. The molecule has 14 heavy (non-hydrogen) atoms. The van der Waals surface area contributed by atoms with Crippen molar-refractivity contribution < 1.29 is 0 Å². The minimum atomic E-state index is 0.782. The summed E-state index contributed by atoms with van der Waals surface area (Å²) in [5.41, 5.74) is 0. The molecule has 1 aromatic rings. The Morgan fingerprint density at radius 1 is 1.50 bits per heavy atom. The van der Waals surface area contributed by atoms with Crippen molar-refractivity contribution in [3.05, 3.63) is 16.1 Å². The van der Waals surface area contributed by atoms with Crippen LogP contribution in [0.25, 0.3) is 0 Å². The summed E-state index contributed by atoms with van der Waals surface area (Å²) in [5, 5.41) is 4.63. The summed E-state index contributed by atoms with van der Waals surface area (Å²) in [6, 6.07) is 0. The Morgan fingerprint density at radius 2 is 2.29 bits per heavy atom. The number of hydrogen-bond donors (Lipinski definition) is 1. The Bertz CT molecular complexity index is 256. The maximum Gasteiger partial charge on any atom is 0.107 e. The largest absolute Gasteiger partial charge is 0.310 e. The van der Waals surface area contributed by atoms with Crippen molar-refractivity contribution >= 4 is 11.3 Å². The molecule has 1 N–H and O–H groups in total. The van der Waals surface area contributed by atoms with Gasteiger partial charge in [-0.3, -0.25) is 0 Å². The van der Waals surface area contributed by atoms with Gasteiger partial charge in [0.1, 0.15) is 5.01 Å². The number of aryl methyl sites for hydroxylation is 1. The predicted octanol–water partition coefficient (Wildman–Crippen LogP) is 2.84. The normalized spacial score (nSPS) is 11.1. The minimum Gasteiger partial charge on any atom is -0.310 e. The zero-order chi connectivity index (χ0) is 10.4. The second kappa shape index (κ2) is 6.14. The second-order valence-corrected chi connectivity index (χ2v) is 5.13. The van der Waals surface area contributed by atoms with Crippen LogP contribution in [0.15, 0.2) is 6.20 Å². The van der Waals surface area contributed by atoms with E-state index in [4.69, 9.17) is 0 Å². The van der Waals surface area contributed by atoms with Crippen LogP contribution in [0.2, 0.25) is 0 Å². The van der Waals surface area contributed by atoms with Crippen molar-refractivity contribution in [3.63, 3.8) is 0 Å². The first-order valence-electron chi connectivity index (χ1n) is 5.36. The first-order chi connectivity index (χ1) is 6.72. The van der Waals surface area contributed by atoms with E-state index in [1.54, 1.807) is 0 Å². The molecule has 0 unspecified atom stereocenters. The lowest BCUT2D eigenvalue weighted by atomic mass is 10.1. The molecule has 0 saturated heterocycles. The van der Waals surface area contributed by atoms with Crippen molar-refractivity contribution in [3.8, 4) is 0 Å². The number of hydrogen-bond acceptors (Lipinski definition) is 3. The van der Waals surface area contributed by atoms with Crippen LogP contribution in [-0.4, -0.2) is 11.5 Å². The van der Waals surface area contributed by atoms with Gasteiger partial charge in [-0.2, -0.15) is 0 Å². The molecule has 0 amide bonds. The summed E-state index contributed by atoms with van der Waals surface area (Å²) in [4.78, 5) is 5.74. The molecule has 0 aliphatic carbocycles. The van der Waals surface area contributed by atoms with Crippen LogP contribution in [-0.2, 0) is 13.0 Å². The fourth-order valence-electron chi connectivity index (χ4n) is 1.18. The molecular formula is C11H20N2S. The van der Waals surface area contributed by atoms with E-state index in [9.17, 15) is 0 Å². The highest BCUT2D eigenvalue weighted by Gasteiger charge is 1.99. The fraction of sp³-hybridized carbons (Fsp3) is 0.727. The summed E-state index contributed by atoms with van der Waals surface area (Å²) < 4.78 is 0. The number of nitrogens with zero attached hydrogens (tertiary/aromatic N) is 1. The van der Waals surface area contributed by atoms with E-state index in [0.29, 0.717) is 0 Å². The highest BCUT2D eigenvalue weighted by Crippen LogP contribution is 2.12. The minimum absolute atomic E-state index is 0.782. The molecule has 0 saturated carbocycles. The maximum atomic E-state index is 4.36. The third-order valence-electron chi connectivity index (χ3n) is 2.12. The Hall–Kier alpha value is -0.410. The molecule has 1 heterocycles. The van der Waals surface area contributed by atoms with Gasteiger partial charge in [0.25, 0.3) is 0 Å². The van der Waals surface area contributed by atoms with E-state index in [2.05, 4.69) is 31.1 Å². The zero-order valence-electron chi connectivity index (χ0n) is 9.34. The van der Waals surface area contributed by atoms with E-state index in [0.717, 1.165) is 25.4 Å². The summed E-state index contributed by atoms with van der Waals surface area (Å²) in [7, 11) is 0. The molecule has 0 aromatic carbocycles. The molecule has 1 aromatic heterocycles. The van der Waals surface area contributed by atoms with Crippen LogP contribution in [0, 0.1) is 5.92 Å². The van der Waals surface area contributed by atoms with Gasteiger partial charge in [0, 0.05) is 17.6 Å². The molecule has 3 heteroatoms. The van der Waals surface area contributed by atoms with E-state index in [1.807, 2.05) is 17.5 Å². The molecule has 0 fully saturated rings. The molecule has 80 valence electrons. The van der Waals surface area contributed by atoms with Gasteiger partial charge in [0.05, 0.1) is 0 Å². The Balaban J connectivity index is 2.18. The van der Waals surface area contributed by atoms with Gasteiger partial charge < -0.3 is 5.32 Å². The third-order valence-corrected chi connectivity index (χ3v) is 3.27. The van der Waals surface area contributed by atoms with Gasteiger partial charge >= 0.3 is 0 Å². The zero-order valence-corrected chi connectivity index (χ0v) is 10.2. The predicted molar refractivity (Wildman–Crippen MR) is 62.7 cm³/mol. The molecule has 0 radical (unpaired) electrons. The highest BCUT2D eigenvalue weighted by atomic mass is 32.1. The van der Waals surface area contributed by atoms with Crippen LogP contribution in [0.1, 0.15) is 37.1 Å². The number of aromatic nitrogens is 1. The standard InChI is InChI=1S/C11H20N2S/c1-4-10-7-13-11(14-10)8-12-6-5-9(2)3/h7,9,12H,4-6,8H2,1-3H3. The lowest BCUT2D eigenvalue weighted by molar-refractivity contribution is 0.537. The van der Waals surface area contributed by atoms with Crippen LogP contribution >= 0.6 is 11.3 Å². The van der Waals surface area contributed by atoms with Crippen LogP contribution in [0.5, 0.6) is 0 Å². The van der Waals surface area contributed by atoms with Crippen LogP contribution < -0.4 is 5.32 Å². The Kier molecular flexibility index (Phi) is 5.12. The summed E-state index contributed by atoms with van der Waals surface area (Å²) >= 11 is 1.82. The third kappa shape index (κ3) is 4.20. The smallest absolute Gasteiger partial charge is 0.107 e. The van der Waals surface area contributed by atoms with E-state index < -0.39 is 0 Å². The Morgan fingerprint density at radius 3 is 2.86 bits per heavy atom. The Labute approximate surface area is 90.8 Å². The van der Waals surface area contributed by atoms with Gasteiger partial charge in [-0.15, -0.1) is 11.3 Å². The SMILES string of the molecule is CCc1cnc(CNCCC(C)C)s1.